The average Bonchev–Trinajstić information content (AvgIpc) is 1.86. The molecule has 0 radical (unpaired) electrons. The van der Waals surface area contributed by atoms with Crippen molar-refractivity contribution in [3.05, 3.63) is 12.7 Å². The summed E-state index contributed by atoms with van der Waals surface area (Å²) < 4.78 is 34.9. The second-order valence-electron chi connectivity index (χ2n) is 1.28. The van der Waals surface area contributed by atoms with Crippen LogP contribution in [0.1, 0.15) is 0 Å². The maximum atomic E-state index is 12.1. The molecule has 0 aliphatic heterocycles. The first-order valence-electron chi connectivity index (χ1n) is 2.14. The van der Waals surface area contributed by atoms with Crippen LogP contribution < -0.4 is 0 Å². The zero-order valence-corrected chi connectivity index (χ0v) is 5.64. The molecule has 0 heterocycles. The Morgan fingerprint density at radius 2 is 2.20 bits per heavy atom. The molecule has 0 fully saturated rings. The minimum Gasteiger partial charge on any atom is -0.223 e. The highest BCUT2D eigenvalue weighted by molar-refractivity contribution is 7.90. The van der Waals surface area contributed by atoms with Crippen LogP contribution in [0.25, 0.3) is 0 Å². The fourth-order valence-electron chi connectivity index (χ4n) is 0.224. The molecular formula is C4H4FNO3S. The van der Waals surface area contributed by atoms with E-state index < -0.39 is 15.5 Å². The van der Waals surface area contributed by atoms with Gasteiger partial charge in [0, 0.05) is 0 Å². The Bertz CT molecular complexity index is 264. The van der Waals surface area contributed by atoms with Gasteiger partial charge in [0.25, 0.3) is 16.1 Å². The SMILES string of the molecule is C=CC(F)S(=O)(=O)N=C=O. The molecule has 0 amide bonds. The van der Waals surface area contributed by atoms with E-state index in [1.54, 1.807) is 0 Å². The summed E-state index contributed by atoms with van der Waals surface area (Å²) >= 11 is 0. The van der Waals surface area contributed by atoms with E-state index in [4.69, 9.17) is 0 Å². The van der Waals surface area contributed by atoms with Crippen LogP contribution in [0.15, 0.2) is 17.1 Å². The van der Waals surface area contributed by atoms with Gasteiger partial charge in [-0.25, -0.2) is 17.6 Å². The third-order valence-corrected chi connectivity index (χ3v) is 1.72. The third-order valence-electron chi connectivity index (χ3n) is 0.634. The van der Waals surface area contributed by atoms with Crippen molar-refractivity contribution in [3.8, 4) is 0 Å². The first-order chi connectivity index (χ1) is 4.54. The molecule has 0 saturated heterocycles. The normalized spacial score (nSPS) is 13.3. The average molecular weight is 165 g/mol. The Hall–Kier alpha value is -1.00. The molecule has 0 aromatic heterocycles. The maximum Gasteiger partial charge on any atom is 0.299 e. The highest BCUT2D eigenvalue weighted by Crippen LogP contribution is 2.04. The molecule has 1 unspecified atom stereocenters. The summed E-state index contributed by atoms with van der Waals surface area (Å²) in [5.74, 6) is 0. The summed E-state index contributed by atoms with van der Waals surface area (Å²) in [6.45, 7) is 2.87. The fraction of sp³-hybridized carbons (Fsp3) is 0.250. The lowest BCUT2D eigenvalue weighted by Crippen LogP contribution is -2.09. The number of carbonyl (C=O) groups excluding carboxylic acids is 1. The minimum atomic E-state index is -4.34. The molecule has 6 heteroatoms. The van der Waals surface area contributed by atoms with E-state index in [9.17, 15) is 17.6 Å². The van der Waals surface area contributed by atoms with E-state index >= 15 is 0 Å². The van der Waals surface area contributed by atoms with Crippen LogP contribution in [0.3, 0.4) is 0 Å². The number of isocyanates is 1. The van der Waals surface area contributed by atoms with E-state index in [0.717, 1.165) is 6.08 Å². The van der Waals surface area contributed by atoms with Crippen molar-refractivity contribution in [2.75, 3.05) is 0 Å². The molecule has 0 bridgehead atoms. The van der Waals surface area contributed by atoms with Crippen LogP contribution in [-0.2, 0) is 14.8 Å². The van der Waals surface area contributed by atoms with E-state index in [0.29, 0.717) is 6.08 Å². The second-order valence-corrected chi connectivity index (χ2v) is 2.95. The summed E-state index contributed by atoms with van der Waals surface area (Å²) in [5.41, 5.74) is -2.33. The van der Waals surface area contributed by atoms with Crippen LogP contribution in [0.5, 0.6) is 0 Å². The summed E-state index contributed by atoms with van der Waals surface area (Å²) in [6, 6.07) is 0. The van der Waals surface area contributed by atoms with Crippen molar-refractivity contribution in [2.45, 2.75) is 5.50 Å². The Morgan fingerprint density at radius 3 is 2.50 bits per heavy atom. The molecule has 56 valence electrons. The Labute approximate surface area is 57.1 Å². The highest BCUT2D eigenvalue weighted by Gasteiger charge is 2.19. The van der Waals surface area contributed by atoms with Crippen molar-refractivity contribution >= 4 is 16.1 Å². The molecular weight excluding hydrogens is 161 g/mol. The van der Waals surface area contributed by atoms with Gasteiger partial charge in [-0.2, -0.15) is 0 Å². The molecule has 4 nitrogen and oxygen atoms in total. The van der Waals surface area contributed by atoms with Gasteiger partial charge >= 0.3 is 0 Å². The summed E-state index contributed by atoms with van der Waals surface area (Å²) in [5, 5.41) is 0. The van der Waals surface area contributed by atoms with Gasteiger partial charge in [0.2, 0.25) is 5.50 Å². The van der Waals surface area contributed by atoms with Gasteiger partial charge in [-0.1, -0.05) is 11.0 Å². The van der Waals surface area contributed by atoms with Gasteiger partial charge in [0.1, 0.15) is 0 Å². The van der Waals surface area contributed by atoms with Crippen LogP contribution in [-0.4, -0.2) is 20.0 Å². The van der Waals surface area contributed by atoms with Gasteiger partial charge in [-0.05, 0) is 6.08 Å². The first-order valence-corrected chi connectivity index (χ1v) is 3.64. The molecule has 10 heavy (non-hydrogen) atoms. The van der Waals surface area contributed by atoms with Crippen LogP contribution in [0.4, 0.5) is 4.39 Å². The van der Waals surface area contributed by atoms with Gasteiger partial charge in [-0.3, -0.25) is 0 Å². The summed E-state index contributed by atoms with van der Waals surface area (Å²) in [7, 11) is -4.34. The number of sulfonamides is 1. The molecule has 0 aliphatic rings. The molecule has 1 atom stereocenters. The van der Waals surface area contributed by atoms with Crippen molar-refractivity contribution in [2.24, 2.45) is 4.40 Å². The maximum absolute atomic E-state index is 12.1. The summed E-state index contributed by atoms with van der Waals surface area (Å²) in [4.78, 5) is 9.37. The number of nitrogens with zero attached hydrogens (tertiary/aromatic N) is 1. The lowest BCUT2D eigenvalue weighted by molar-refractivity contribution is 0.474. The number of hydrogen-bond acceptors (Lipinski definition) is 3. The van der Waals surface area contributed by atoms with E-state index in [1.807, 2.05) is 0 Å². The largest absolute Gasteiger partial charge is 0.299 e. The van der Waals surface area contributed by atoms with Crippen LogP contribution in [0.2, 0.25) is 0 Å². The monoisotopic (exact) mass is 165 g/mol. The van der Waals surface area contributed by atoms with E-state index in [1.165, 1.54) is 0 Å². The molecule has 0 spiro atoms. The molecule has 0 N–H and O–H groups in total. The Balaban J connectivity index is 4.74. The zero-order valence-electron chi connectivity index (χ0n) is 4.82. The van der Waals surface area contributed by atoms with Gasteiger partial charge in [0.05, 0.1) is 0 Å². The zero-order chi connectivity index (χ0) is 8.20. The molecule has 0 aromatic carbocycles. The van der Waals surface area contributed by atoms with Crippen molar-refractivity contribution in [1.29, 1.82) is 0 Å². The standard InChI is InChI=1S/C4H4FNO3S/c1-2-4(5)10(8,9)6-3-7/h2,4H,1H2. The van der Waals surface area contributed by atoms with E-state index in [2.05, 4.69) is 11.0 Å². The van der Waals surface area contributed by atoms with Gasteiger partial charge in [-0.15, -0.1) is 0 Å². The molecule has 0 saturated carbocycles. The predicted octanol–water partition coefficient (Wildman–Crippen LogP) is 0.134. The van der Waals surface area contributed by atoms with Gasteiger partial charge < -0.3 is 0 Å². The van der Waals surface area contributed by atoms with Crippen LogP contribution in [0, 0.1) is 0 Å². The van der Waals surface area contributed by atoms with E-state index in [-0.39, 0.29) is 0 Å². The topological polar surface area (TPSA) is 63.6 Å². The smallest absolute Gasteiger partial charge is 0.223 e. The Morgan fingerprint density at radius 1 is 1.70 bits per heavy atom. The predicted molar refractivity (Wildman–Crippen MR) is 32.1 cm³/mol. The second kappa shape index (κ2) is 3.24. The Kier molecular flexibility index (Phi) is 2.92. The number of rotatable bonds is 3. The first kappa shape index (κ1) is 9.00. The molecule has 0 rings (SSSR count). The highest BCUT2D eigenvalue weighted by atomic mass is 32.2. The number of halogens is 1. The summed E-state index contributed by atoms with van der Waals surface area (Å²) in [6.07, 6.45) is 1.25. The van der Waals surface area contributed by atoms with Crippen molar-refractivity contribution in [1.82, 2.24) is 0 Å². The lowest BCUT2D eigenvalue weighted by atomic mass is 10.7. The molecule has 0 aliphatic carbocycles. The lowest BCUT2D eigenvalue weighted by Gasteiger charge is -1.93. The van der Waals surface area contributed by atoms with Crippen molar-refractivity contribution < 1.29 is 17.6 Å². The fourth-order valence-corrected chi connectivity index (χ4v) is 0.672. The number of alkyl halides is 1. The quantitative estimate of drug-likeness (QED) is 0.339. The number of hydrogen-bond donors (Lipinski definition) is 0. The molecule has 0 aromatic rings. The van der Waals surface area contributed by atoms with Gasteiger partial charge in [0.15, 0.2) is 0 Å². The third kappa shape index (κ3) is 2.08. The minimum absolute atomic E-state index is 0.524. The van der Waals surface area contributed by atoms with Crippen molar-refractivity contribution in [3.63, 3.8) is 0 Å². The van der Waals surface area contributed by atoms with Crippen LogP contribution >= 0.6 is 0 Å².